The summed E-state index contributed by atoms with van der Waals surface area (Å²) in [4.78, 5) is 0. The van der Waals surface area contributed by atoms with Crippen molar-refractivity contribution in [3.05, 3.63) is 53.6 Å². The van der Waals surface area contributed by atoms with Gasteiger partial charge < -0.3 is 0 Å². The lowest BCUT2D eigenvalue weighted by Crippen LogP contribution is -1.77. The van der Waals surface area contributed by atoms with E-state index in [9.17, 15) is 0 Å². The van der Waals surface area contributed by atoms with Gasteiger partial charge in [0.15, 0.2) is 0 Å². The average Bonchev–Trinajstić information content (AvgIpc) is 2.26. The van der Waals surface area contributed by atoms with E-state index in [1.54, 1.807) is 0 Å². The molecule has 80 valence electrons. The first-order valence-electron chi connectivity index (χ1n) is 5.26. The van der Waals surface area contributed by atoms with Crippen LogP contribution in [-0.2, 0) is 0 Å². The molecule has 0 aliphatic heterocycles. The number of halogens is 1. The van der Waals surface area contributed by atoms with Crippen molar-refractivity contribution >= 4 is 17.7 Å². The fourth-order valence-corrected chi connectivity index (χ4v) is 1.59. The molecular weight excluding hydrogens is 204 g/mol. The topological polar surface area (TPSA) is 0 Å². The van der Waals surface area contributed by atoms with Crippen molar-refractivity contribution in [2.45, 2.75) is 19.8 Å². The lowest BCUT2D eigenvalue weighted by atomic mass is 10.1. The standard InChI is InChI=1S/C14H17Cl/c1-13(11-12-15)7-5-6-10-14-8-3-2-4-9-14/h2-4,6-10H,5,11-12H2,1H3/b10-6+,13-7+. The number of hydrogen-bond donors (Lipinski definition) is 0. The summed E-state index contributed by atoms with van der Waals surface area (Å²) in [7, 11) is 0. The van der Waals surface area contributed by atoms with Crippen LogP contribution in [0.15, 0.2) is 48.1 Å². The quantitative estimate of drug-likeness (QED) is 0.500. The molecule has 0 radical (unpaired) electrons. The highest BCUT2D eigenvalue weighted by Crippen LogP contribution is 2.05. The molecule has 0 aliphatic rings. The second-order valence-electron chi connectivity index (χ2n) is 3.54. The SMILES string of the molecule is C/C(=C\C/C=C/c1ccccc1)CCCl. The minimum Gasteiger partial charge on any atom is -0.126 e. The van der Waals surface area contributed by atoms with E-state index in [0.29, 0.717) is 5.88 Å². The highest BCUT2D eigenvalue weighted by atomic mass is 35.5. The molecule has 0 saturated carbocycles. The Labute approximate surface area is 97.3 Å². The Morgan fingerprint density at radius 3 is 2.67 bits per heavy atom. The van der Waals surface area contributed by atoms with Gasteiger partial charge >= 0.3 is 0 Å². The van der Waals surface area contributed by atoms with Crippen LogP contribution in [0.5, 0.6) is 0 Å². The van der Waals surface area contributed by atoms with Gasteiger partial charge in [-0.3, -0.25) is 0 Å². The molecule has 0 atom stereocenters. The zero-order chi connectivity index (χ0) is 10.9. The average molecular weight is 221 g/mol. The molecule has 0 amide bonds. The third kappa shape index (κ3) is 5.44. The van der Waals surface area contributed by atoms with E-state index < -0.39 is 0 Å². The van der Waals surface area contributed by atoms with Crippen molar-refractivity contribution in [1.82, 2.24) is 0 Å². The van der Waals surface area contributed by atoms with Crippen LogP contribution in [0.25, 0.3) is 6.08 Å². The van der Waals surface area contributed by atoms with Crippen LogP contribution in [-0.4, -0.2) is 5.88 Å². The molecule has 0 N–H and O–H groups in total. The maximum absolute atomic E-state index is 5.65. The normalized spacial score (nSPS) is 12.3. The third-order valence-corrected chi connectivity index (χ3v) is 2.39. The van der Waals surface area contributed by atoms with Gasteiger partial charge in [-0.05, 0) is 25.3 Å². The first-order chi connectivity index (χ1) is 7.33. The van der Waals surface area contributed by atoms with Gasteiger partial charge in [-0.15, -0.1) is 11.6 Å². The van der Waals surface area contributed by atoms with E-state index in [-0.39, 0.29) is 0 Å². The van der Waals surface area contributed by atoms with Gasteiger partial charge in [0.25, 0.3) is 0 Å². The molecule has 1 aromatic carbocycles. The smallest absolute Gasteiger partial charge is 0.0260 e. The summed E-state index contributed by atoms with van der Waals surface area (Å²) in [5.41, 5.74) is 2.61. The van der Waals surface area contributed by atoms with Gasteiger partial charge in [0.1, 0.15) is 0 Å². The Morgan fingerprint density at radius 1 is 1.27 bits per heavy atom. The number of benzene rings is 1. The molecule has 0 bridgehead atoms. The maximum atomic E-state index is 5.65. The minimum atomic E-state index is 0.713. The maximum Gasteiger partial charge on any atom is 0.0260 e. The van der Waals surface area contributed by atoms with Gasteiger partial charge in [0.2, 0.25) is 0 Å². The second kappa shape index (κ2) is 7.30. The Balaban J connectivity index is 2.37. The van der Waals surface area contributed by atoms with Crippen molar-refractivity contribution in [3.8, 4) is 0 Å². The van der Waals surface area contributed by atoms with E-state index in [1.807, 2.05) is 18.2 Å². The van der Waals surface area contributed by atoms with Crippen LogP contribution in [0.4, 0.5) is 0 Å². The van der Waals surface area contributed by atoms with E-state index in [1.165, 1.54) is 11.1 Å². The molecular formula is C14H17Cl. The van der Waals surface area contributed by atoms with E-state index >= 15 is 0 Å². The largest absolute Gasteiger partial charge is 0.126 e. The number of allylic oxidation sites excluding steroid dienone is 3. The molecule has 0 nitrogen and oxygen atoms in total. The van der Waals surface area contributed by atoms with Crippen molar-refractivity contribution in [1.29, 1.82) is 0 Å². The molecule has 0 saturated heterocycles. The summed E-state index contributed by atoms with van der Waals surface area (Å²) in [5.74, 6) is 0.713. The first kappa shape index (κ1) is 12.1. The summed E-state index contributed by atoms with van der Waals surface area (Å²) in [6.45, 7) is 2.12. The molecule has 15 heavy (non-hydrogen) atoms. The van der Waals surface area contributed by atoms with Gasteiger partial charge in [-0.2, -0.15) is 0 Å². The molecule has 0 aliphatic carbocycles. The molecule has 1 aromatic rings. The van der Waals surface area contributed by atoms with Crippen molar-refractivity contribution < 1.29 is 0 Å². The van der Waals surface area contributed by atoms with Crippen molar-refractivity contribution in [3.63, 3.8) is 0 Å². The highest BCUT2D eigenvalue weighted by molar-refractivity contribution is 6.17. The predicted molar refractivity (Wildman–Crippen MR) is 69.2 cm³/mol. The van der Waals surface area contributed by atoms with Gasteiger partial charge in [-0.25, -0.2) is 0 Å². The fraction of sp³-hybridized carbons (Fsp3) is 0.286. The van der Waals surface area contributed by atoms with Crippen LogP contribution < -0.4 is 0 Å². The Hall–Kier alpha value is -1.01. The second-order valence-corrected chi connectivity index (χ2v) is 3.92. The molecule has 0 fully saturated rings. The number of hydrogen-bond acceptors (Lipinski definition) is 0. The lowest BCUT2D eigenvalue weighted by molar-refractivity contribution is 1.09. The van der Waals surface area contributed by atoms with Crippen LogP contribution in [0, 0.1) is 0 Å². The molecule has 0 unspecified atom stereocenters. The van der Waals surface area contributed by atoms with Crippen LogP contribution >= 0.6 is 11.6 Å². The monoisotopic (exact) mass is 220 g/mol. The molecule has 0 aromatic heterocycles. The fourth-order valence-electron chi connectivity index (χ4n) is 1.29. The molecule has 0 heterocycles. The number of alkyl halides is 1. The summed E-state index contributed by atoms with van der Waals surface area (Å²) < 4.78 is 0. The van der Waals surface area contributed by atoms with E-state index in [2.05, 4.69) is 37.3 Å². The lowest BCUT2D eigenvalue weighted by Gasteiger charge is -1.94. The van der Waals surface area contributed by atoms with Crippen molar-refractivity contribution in [2.24, 2.45) is 0 Å². The summed E-state index contributed by atoms with van der Waals surface area (Å²) in [6.07, 6.45) is 8.51. The highest BCUT2D eigenvalue weighted by Gasteiger charge is 1.86. The van der Waals surface area contributed by atoms with Crippen LogP contribution in [0.1, 0.15) is 25.3 Å². The molecule has 1 rings (SSSR count). The van der Waals surface area contributed by atoms with Crippen LogP contribution in [0.2, 0.25) is 0 Å². The zero-order valence-corrected chi connectivity index (χ0v) is 9.87. The van der Waals surface area contributed by atoms with E-state index in [4.69, 9.17) is 11.6 Å². The Morgan fingerprint density at radius 2 is 2.00 bits per heavy atom. The predicted octanol–water partition coefficient (Wildman–Crippen LogP) is 4.67. The van der Waals surface area contributed by atoms with Gasteiger partial charge in [-0.1, -0.05) is 54.1 Å². The molecule has 1 heteroatoms. The van der Waals surface area contributed by atoms with Crippen LogP contribution in [0.3, 0.4) is 0 Å². The summed E-state index contributed by atoms with van der Waals surface area (Å²) >= 11 is 5.65. The third-order valence-electron chi connectivity index (χ3n) is 2.20. The van der Waals surface area contributed by atoms with Gasteiger partial charge in [0.05, 0.1) is 0 Å². The minimum absolute atomic E-state index is 0.713. The summed E-state index contributed by atoms with van der Waals surface area (Å²) in [6, 6.07) is 10.3. The van der Waals surface area contributed by atoms with E-state index in [0.717, 1.165) is 12.8 Å². The number of rotatable bonds is 5. The zero-order valence-electron chi connectivity index (χ0n) is 9.12. The summed E-state index contributed by atoms with van der Waals surface area (Å²) in [5, 5.41) is 0. The Kier molecular flexibility index (Phi) is 5.87. The Bertz CT molecular complexity index is 322. The first-order valence-corrected chi connectivity index (χ1v) is 5.79. The van der Waals surface area contributed by atoms with Gasteiger partial charge in [0, 0.05) is 5.88 Å². The van der Waals surface area contributed by atoms with Crippen molar-refractivity contribution in [2.75, 3.05) is 5.88 Å². The molecule has 0 spiro atoms.